The number of fused-ring (bicyclic) bond motifs is 1. The molecule has 0 aliphatic carbocycles. The Kier molecular flexibility index (Phi) is 5.49. The Morgan fingerprint density at radius 2 is 1.94 bits per heavy atom. The average molecular weight is 450 g/mol. The topological polar surface area (TPSA) is 69.0 Å². The maximum Gasteiger partial charge on any atom is 0.164 e. The molecule has 4 aromatic rings. The second kappa shape index (κ2) is 8.47. The van der Waals surface area contributed by atoms with Crippen molar-refractivity contribution in [1.82, 2.24) is 29.4 Å². The summed E-state index contributed by atoms with van der Waals surface area (Å²) in [6.07, 6.45) is 3.64. The first kappa shape index (κ1) is 21.4. The quantitative estimate of drug-likeness (QED) is 0.459. The normalized spacial score (nSPS) is 16.6. The largest absolute Gasteiger partial charge is 0.489 e. The number of aryl methyl sites for hydroxylation is 2. The fraction of sp³-hybridized carbons (Fsp3) is 0.333. The Morgan fingerprint density at radius 3 is 2.67 bits per heavy atom. The predicted octanol–water partition coefficient (Wildman–Crippen LogP) is 3.91. The van der Waals surface area contributed by atoms with E-state index in [0.717, 1.165) is 25.7 Å². The van der Waals surface area contributed by atoms with Gasteiger partial charge in [0.1, 0.15) is 40.7 Å². The summed E-state index contributed by atoms with van der Waals surface area (Å²) in [5.74, 6) is 0.682. The number of likely N-dealkylation sites (N-methyl/N-ethyl adjacent to an activating group) is 1. The van der Waals surface area contributed by atoms with Crippen molar-refractivity contribution in [2.45, 2.75) is 32.9 Å². The van der Waals surface area contributed by atoms with Crippen LogP contribution in [0.4, 0.5) is 8.78 Å². The molecular weight excluding hydrogens is 426 g/mol. The van der Waals surface area contributed by atoms with E-state index in [1.807, 2.05) is 14.0 Å². The summed E-state index contributed by atoms with van der Waals surface area (Å²) in [7, 11) is 2.04. The van der Waals surface area contributed by atoms with Gasteiger partial charge in [0.25, 0.3) is 0 Å². The van der Waals surface area contributed by atoms with Crippen molar-refractivity contribution >= 4 is 11.2 Å². The molecule has 5 rings (SSSR count). The van der Waals surface area contributed by atoms with Crippen molar-refractivity contribution in [3.05, 3.63) is 65.4 Å². The molecule has 1 aliphatic rings. The summed E-state index contributed by atoms with van der Waals surface area (Å²) >= 11 is 0. The summed E-state index contributed by atoms with van der Waals surface area (Å²) < 4.78 is 36.8. The number of hydrogen-bond acceptors (Lipinski definition) is 6. The lowest BCUT2D eigenvalue weighted by Crippen LogP contribution is -2.21. The lowest BCUT2D eigenvalue weighted by molar-refractivity contribution is 0.207. The Hall–Kier alpha value is -3.46. The van der Waals surface area contributed by atoms with E-state index in [4.69, 9.17) is 4.74 Å². The molecule has 0 bridgehead atoms. The van der Waals surface area contributed by atoms with E-state index in [1.165, 1.54) is 18.3 Å². The molecule has 1 aromatic carbocycles. The van der Waals surface area contributed by atoms with Gasteiger partial charge in [-0.05, 0) is 39.4 Å². The number of halogens is 2. The van der Waals surface area contributed by atoms with Gasteiger partial charge in [0.05, 0.1) is 18.4 Å². The highest BCUT2D eigenvalue weighted by Crippen LogP contribution is 2.28. The van der Waals surface area contributed by atoms with E-state index >= 15 is 4.39 Å². The summed E-state index contributed by atoms with van der Waals surface area (Å²) in [5, 5.41) is 0. The zero-order valence-electron chi connectivity index (χ0n) is 18.7. The third-order valence-corrected chi connectivity index (χ3v) is 5.85. The van der Waals surface area contributed by atoms with Crippen LogP contribution in [-0.4, -0.2) is 55.6 Å². The molecule has 3 aromatic heterocycles. The van der Waals surface area contributed by atoms with Crippen LogP contribution in [0.1, 0.15) is 23.5 Å². The lowest BCUT2D eigenvalue weighted by atomic mass is 10.2. The van der Waals surface area contributed by atoms with Gasteiger partial charge in [-0.2, -0.15) is 0 Å². The van der Waals surface area contributed by atoms with E-state index in [-0.39, 0.29) is 18.5 Å². The number of benzene rings is 1. The molecule has 0 N–H and O–H groups in total. The molecular formula is C24H24F2N6O. The van der Waals surface area contributed by atoms with Crippen LogP contribution < -0.4 is 4.74 Å². The maximum atomic E-state index is 15.1. The van der Waals surface area contributed by atoms with Gasteiger partial charge in [0.15, 0.2) is 5.65 Å². The maximum absolute atomic E-state index is 15.1. The Balaban J connectivity index is 1.53. The van der Waals surface area contributed by atoms with E-state index in [0.29, 0.717) is 45.4 Å². The third-order valence-electron chi connectivity index (χ3n) is 5.85. The number of hydrogen-bond donors (Lipinski definition) is 0. The number of aromatic nitrogens is 5. The highest BCUT2D eigenvalue weighted by atomic mass is 19.1. The van der Waals surface area contributed by atoms with Crippen LogP contribution in [0.15, 0.2) is 36.7 Å². The Bertz CT molecular complexity index is 1340. The van der Waals surface area contributed by atoms with Gasteiger partial charge in [0, 0.05) is 36.5 Å². The van der Waals surface area contributed by atoms with Crippen molar-refractivity contribution in [3.8, 4) is 17.1 Å². The van der Waals surface area contributed by atoms with Crippen molar-refractivity contribution in [2.75, 3.05) is 20.1 Å². The van der Waals surface area contributed by atoms with Gasteiger partial charge in [0.2, 0.25) is 0 Å². The zero-order valence-corrected chi connectivity index (χ0v) is 18.7. The first-order chi connectivity index (χ1) is 15.9. The van der Waals surface area contributed by atoms with E-state index < -0.39 is 5.82 Å². The molecule has 1 aliphatic heterocycles. The molecule has 1 saturated heterocycles. The first-order valence-corrected chi connectivity index (χ1v) is 10.8. The van der Waals surface area contributed by atoms with E-state index in [1.54, 1.807) is 23.6 Å². The van der Waals surface area contributed by atoms with Gasteiger partial charge in [-0.3, -0.25) is 4.98 Å². The molecule has 1 fully saturated rings. The van der Waals surface area contributed by atoms with Gasteiger partial charge in [-0.15, -0.1) is 0 Å². The van der Waals surface area contributed by atoms with Crippen LogP contribution in [0, 0.1) is 25.5 Å². The highest BCUT2D eigenvalue weighted by Gasteiger charge is 2.22. The highest BCUT2D eigenvalue weighted by molar-refractivity contribution is 5.79. The fourth-order valence-corrected chi connectivity index (χ4v) is 4.26. The van der Waals surface area contributed by atoms with Crippen molar-refractivity contribution in [1.29, 1.82) is 0 Å². The number of likely N-dealkylation sites (tertiary alicyclic amines) is 1. The number of rotatable bonds is 5. The van der Waals surface area contributed by atoms with Crippen LogP contribution in [0.25, 0.3) is 22.6 Å². The monoisotopic (exact) mass is 450 g/mol. The van der Waals surface area contributed by atoms with Gasteiger partial charge in [-0.1, -0.05) is 6.07 Å². The Morgan fingerprint density at radius 1 is 1.09 bits per heavy atom. The number of ether oxygens (including phenoxy) is 1. The van der Waals surface area contributed by atoms with Gasteiger partial charge in [-0.25, -0.2) is 23.7 Å². The lowest BCUT2D eigenvalue weighted by Gasteiger charge is -2.15. The molecule has 0 amide bonds. The summed E-state index contributed by atoms with van der Waals surface area (Å²) in [4.78, 5) is 19.7. The molecule has 1 atom stereocenters. The van der Waals surface area contributed by atoms with Crippen LogP contribution in [0.2, 0.25) is 0 Å². The summed E-state index contributed by atoms with van der Waals surface area (Å²) in [6, 6.07) is 6.27. The summed E-state index contributed by atoms with van der Waals surface area (Å²) in [6.45, 7) is 5.59. The molecule has 0 unspecified atom stereocenters. The minimum atomic E-state index is -0.477. The number of nitrogens with zero attached hydrogens (tertiary/aromatic N) is 6. The number of imidazole rings is 1. The number of pyridine rings is 1. The standard InChI is InChI=1S/C24H24F2N6O/c1-14-22-24(29-15(2)28-14)32(23(30-22)17-8-18(25)11-27-10-17)12-16-4-5-19(9-21(16)26)33-20-6-7-31(3)13-20/h4-5,8-11,20H,6-7,12-13H2,1-3H3/t20-/m0/s1. The van der Waals surface area contributed by atoms with E-state index in [2.05, 4.69) is 24.8 Å². The molecule has 7 nitrogen and oxygen atoms in total. The fourth-order valence-electron chi connectivity index (χ4n) is 4.26. The van der Waals surface area contributed by atoms with Gasteiger partial charge < -0.3 is 14.2 Å². The van der Waals surface area contributed by atoms with Crippen molar-refractivity contribution in [3.63, 3.8) is 0 Å². The predicted molar refractivity (Wildman–Crippen MR) is 120 cm³/mol. The molecule has 0 saturated carbocycles. The smallest absolute Gasteiger partial charge is 0.164 e. The van der Waals surface area contributed by atoms with Crippen LogP contribution in [-0.2, 0) is 6.54 Å². The molecule has 0 spiro atoms. The molecule has 0 radical (unpaired) electrons. The molecule has 170 valence electrons. The minimum absolute atomic E-state index is 0.0626. The van der Waals surface area contributed by atoms with Crippen LogP contribution in [0.3, 0.4) is 0 Å². The van der Waals surface area contributed by atoms with Gasteiger partial charge >= 0.3 is 0 Å². The van der Waals surface area contributed by atoms with Crippen LogP contribution >= 0.6 is 0 Å². The SMILES string of the molecule is Cc1nc(C)c2nc(-c3cncc(F)c3)n(Cc3ccc(O[C@H]4CCN(C)C4)cc3F)c2n1. The van der Waals surface area contributed by atoms with E-state index in [9.17, 15) is 4.39 Å². The average Bonchev–Trinajstić information content (AvgIpc) is 3.33. The molecule has 33 heavy (non-hydrogen) atoms. The second-order valence-corrected chi connectivity index (χ2v) is 8.49. The molecule has 4 heterocycles. The molecule has 9 heteroatoms. The zero-order chi connectivity index (χ0) is 23.1. The Labute approximate surface area is 190 Å². The third kappa shape index (κ3) is 4.28. The second-order valence-electron chi connectivity index (χ2n) is 8.49. The van der Waals surface area contributed by atoms with Crippen molar-refractivity contribution in [2.24, 2.45) is 0 Å². The van der Waals surface area contributed by atoms with Crippen LogP contribution in [0.5, 0.6) is 5.75 Å². The van der Waals surface area contributed by atoms with Crippen molar-refractivity contribution < 1.29 is 13.5 Å². The first-order valence-electron chi connectivity index (χ1n) is 10.8. The minimum Gasteiger partial charge on any atom is -0.489 e. The summed E-state index contributed by atoms with van der Waals surface area (Å²) in [5.41, 5.74) is 2.78.